The van der Waals surface area contributed by atoms with E-state index in [1.54, 1.807) is 6.07 Å². The molecule has 0 radical (unpaired) electrons. The molecule has 14 heteroatoms. The van der Waals surface area contributed by atoms with Crippen LogP contribution in [0.2, 0.25) is 0 Å². The largest absolute Gasteiger partial charge is 0.433 e. The highest BCUT2D eigenvalue weighted by Crippen LogP contribution is 2.32. The van der Waals surface area contributed by atoms with Crippen LogP contribution in [-0.2, 0) is 6.18 Å². The van der Waals surface area contributed by atoms with Crippen molar-refractivity contribution in [3.8, 4) is 6.07 Å². The number of imide groups is 1. The Morgan fingerprint density at radius 1 is 0.919 bits per heavy atom. The summed E-state index contributed by atoms with van der Waals surface area (Å²) >= 11 is 0. The van der Waals surface area contributed by atoms with Crippen molar-refractivity contribution in [2.24, 2.45) is 5.41 Å². The van der Waals surface area contributed by atoms with Crippen molar-refractivity contribution in [3.63, 3.8) is 0 Å². The Morgan fingerprint density at radius 3 is 1.76 bits per heavy atom. The maximum Gasteiger partial charge on any atom is 0.433 e. The van der Waals surface area contributed by atoms with Gasteiger partial charge in [0, 0.05) is 65.0 Å². The average Bonchev–Trinajstić information content (AvgIpc) is 2.82. The molecule has 0 aromatic carbocycles. The van der Waals surface area contributed by atoms with Crippen LogP contribution in [0, 0.1) is 16.7 Å². The lowest BCUT2D eigenvalue weighted by Gasteiger charge is -2.44. The number of hydrogen-bond acceptors (Lipinski definition) is 8. The SMILES string of the molecule is CN1CCN(C(=O)N(C(=O)N2CCN(C)CC2)N(CC(C)(C)C)c2cc(C(F)(F)F)nc(C#N)n2)CC1. The van der Waals surface area contributed by atoms with Crippen LogP contribution in [0.15, 0.2) is 6.07 Å². The van der Waals surface area contributed by atoms with Crippen molar-refractivity contribution in [1.29, 1.82) is 5.26 Å². The Hall–Kier alpha value is -3.18. The molecule has 0 N–H and O–H groups in total. The Labute approximate surface area is 215 Å². The van der Waals surface area contributed by atoms with Crippen molar-refractivity contribution >= 4 is 17.9 Å². The second-order valence-corrected chi connectivity index (χ2v) is 10.6. The van der Waals surface area contributed by atoms with Gasteiger partial charge in [0.15, 0.2) is 11.5 Å². The second-order valence-electron chi connectivity index (χ2n) is 10.6. The zero-order chi connectivity index (χ0) is 27.5. The van der Waals surface area contributed by atoms with E-state index in [0.29, 0.717) is 58.4 Å². The summed E-state index contributed by atoms with van der Waals surface area (Å²) in [6.07, 6.45) is -4.86. The van der Waals surface area contributed by atoms with Crippen LogP contribution in [0.5, 0.6) is 0 Å². The number of alkyl halides is 3. The Kier molecular flexibility index (Phi) is 8.49. The van der Waals surface area contributed by atoms with Gasteiger partial charge in [-0.3, -0.25) is 5.01 Å². The summed E-state index contributed by atoms with van der Waals surface area (Å²) in [5.41, 5.74) is -1.90. The van der Waals surface area contributed by atoms with Crippen molar-refractivity contribution in [2.45, 2.75) is 26.9 Å². The van der Waals surface area contributed by atoms with Crippen LogP contribution >= 0.6 is 0 Å². The number of likely N-dealkylation sites (N-methyl/N-ethyl adjacent to an activating group) is 2. The fourth-order valence-electron chi connectivity index (χ4n) is 4.02. The number of amides is 4. The van der Waals surface area contributed by atoms with Gasteiger partial charge in [-0.1, -0.05) is 20.8 Å². The molecule has 4 amide bonds. The summed E-state index contributed by atoms with van der Waals surface area (Å²) in [5.74, 6) is -1.05. The van der Waals surface area contributed by atoms with Gasteiger partial charge in [-0.05, 0) is 19.5 Å². The number of hydrogen-bond donors (Lipinski definition) is 0. The van der Waals surface area contributed by atoms with E-state index in [-0.39, 0.29) is 12.4 Å². The van der Waals surface area contributed by atoms with Crippen LogP contribution in [-0.4, -0.2) is 120 Å². The lowest BCUT2D eigenvalue weighted by Crippen LogP contribution is -2.64. The minimum atomic E-state index is -4.86. The van der Waals surface area contributed by atoms with E-state index in [1.165, 1.54) is 14.8 Å². The van der Waals surface area contributed by atoms with Gasteiger partial charge in [0.1, 0.15) is 6.07 Å². The zero-order valence-electron chi connectivity index (χ0n) is 21.9. The van der Waals surface area contributed by atoms with E-state index in [9.17, 15) is 28.0 Å². The van der Waals surface area contributed by atoms with Crippen molar-refractivity contribution < 1.29 is 22.8 Å². The fraction of sp³-hybridized carbons (Fsp3) is 0.696. The predicted molar refractivity (Wildman–Crippen MR) is 129 cm³/mol. The summed E-state index contributed by atoms with van der Waals surface area (Å²) in [4.78, 5) is 42.2. The third-order valence-corrected chi connectivity index (χ3v) is 6.14. The van der Waals surface area contributed by atoms with E-state index in [2.05, 4.69) is 9.97 Å². The highest BCUT2D eigenvalue weighted by molar-refractivity contribution is 5.95. The molecule has 1 aromatic heterocycles. The fourth-order valence-corrected chi connectivity index (χ4v) is 4.02. The maximum atomic E-state index is 13.9. The molecule has 0 atom stereocenters. The molecule has 37 heavy (non-hydrogen) atoms. The van der Waals surface area contributed by atoms with Gasteiger partial charge in [0.2, 0.25) is 5.82 Å². The van der Waals surface area contributed by atoms with E-state index in [4.69, 9.17) is 0 Å². The predicted octanol–water partition coefficient (Wildman–Crippen LogP) is 2.17. The van der Waals surface area contributed by atoms with Gasteiger partial charge < -0.3 is 19.6 Å². The first-order chi connectivity index (χ1) is 17.2. The molecule has 2 saturated heterocycles. The molecule has 0 unspecified atom stereocenters. The molecule has 3 rings (SSSR count). The molecule has 2 aliphatic rings. The number of nitrogens with zero attached hydrogens (tertiary/aromatic N) is 9. The number of halogens is 3. The van der Waals surface area contributed by atoms with Gasteiger partial charge in [-0.2, -0.15) is 23.4 Å². The Morgan fingerprint density at radius 2 is 1.38 bits per heavy atom. The van der Waals surface area contributed by atoms with Crippen LogP contribution in [0.25, 0.3) is 0 Å². The molecular weight excluding hydrogens is 491 g/mol. The summed E-state index contributed by atoms with van der Waals surface area (Å²) in [5, 5.41) is 11.4. The highest BCUT2D eigenvalue weighted by atomic mass is 19.4. The van der Waals surface area contributed by atoms with Gasteiger partial charge in [0.25, 0.3) is 0 Å². The summed E-state index contributed by atoms with van der Waals surface area (Å²) < 4.78 is 41.0. The first-order valence-electron chi connectivity index (χ1n) is 12.1. The molecule has 1 aromatic rings. The zero-order valence-corrected chi connectivity index (χ0v) is 21.9. The van der Waals surface area contributed by atoms with E-state index < -0.39 is 35.2 Å². The van der Waals surface area contributed by atoms with E-state index in [0.717, 1.165) is 5.01 Å². The highest BCUT2D eigenvalue weighted by Gasteiger charge is 2.41. The monoisotopic (exact) mass is 525 g/mol. The molecule has 0 aliphatic carbocycles. The topological polar surface area (TPSA) is 103 Å². The number of nitriles is 1. The first kappa shape index (κ1) is 28.4. The van der Waals surface area contributed by atoms with Gasteiger partial charge in [-0.15, -0.1) is 5.01 Å². The van der Waals surface area contributed by atoms with E-state index >= 15 is 0 Å². The van der Waals surface area contributed by atoms with E-state index in [1.807, 2.05) is 44.7 Å². The van der Waals surface area contributed by atoms with Gasteiger partial charge in [-0.25, -0.2) is 14.6 Å². The summed E-state index contributed by atoms with van der Waals surface area (Å²) in [6.45, 7) is 9.24. The van der Waals surface area contributed by atoms with Gasteiger partial charge in [0.05, 0.1) is 0 Å². The minimum absolute atomic E-state index is 0.0227. The van der Waals surface area contributed by atoms with Crippen molar-refractivity contribution in [2.75, 3.05) is 78.0 Å². The quantitative estimate of drug-likeness (QED) is 0.554. The van der Waals surface area contributed by atoms with Crippen LogP contribution in [0.4, 0.5) is 28.6 Å². The third kappa shape index (κ3) is 7.20. The molecule has 0 bridgehead atoms. The van der Waals surface area contributed by atoms with Crippen molar-refractivity contribution in [3.05, 3.63) is 17.6 Å². The number of anilines is 1. The normalized spacial score (nSPS) is 17.9. The molecule has 0 saturated carbocycles. The number of urea groups is 2. The van der Waals surface area contributed by atoms with Gasteiger partial charge >= 0.3 is 18.2 Å². The molecular formula is C23H34F3N9O2. The Balaban J connectivity index is 2.13. The lowest BCUT2D eigenvalue weighted by molar-refractivity contribution is -0.141. The van der Waals surface area contributed by atoms with Crippen LogP contribution in [0.1, 0.15) is 32.3 Å². The van der Waals surface area contributed by atoms with Crippen molar-refractivity contribution in [1.82, 2.24) is 34.6 Å². The molecule has 11 nitrogen and oxygen atoms in total. The number of hydrazine groups is 1. The van der Waals surface area contributed by atoms with Crippen LogP contribution < -0.4 is 5.01 Å². The molecule has 0 spiro atoms. The Bertz CT molecular complexity index is 988. The number of carbonyl (C=O) groups is 2. The maximum absolute atomic E-state index is 13.9. The molecule has 3 heterocycles. The lowest BCUT2D eigenvalue weighted by atomic mass is 9.96. The standard InChI is InChI=1S/C23H34F3N9O2/c1-22(2,3)16-34(19-14-17(23(24,25)26)28-18(15-27)29-19)35(20(36)32-10-6-30(4)7-11-32)21(37)33-12-8-31(5)9-13-33/h14H,6-13,16H2,1-5H3. The van der Waals surface area contributed by atoms with Crippen LogP contribution in [0.3, 0.4) is 0 Å². The number of carbonyl (C=O) groups excluding carboxylic acids is 2. The molecule has 2 fully saturated rings. The smallest absolute Gasteiger partial charge is 0.320 e. The summed E-state index contributed by atoms with van der Waals surface area (Å²) in [6, 6.07) is 0.944. The average molecular weight is 526 g/mol. The molecule has 204 valence electrons. The first-order valence-corrected chi connectivity index (χ1v) is 12.1. The number of rotatable bonds is 3. The second kappa shape index (κ2) is 11.1. The minimum Gasteiger partial charge on any atom is -0.320 e. The third-order valence-electron chi connectivity index (χ3n) is 6.14. The molecule has 2 aliphatic heterocycles. The number of piperazine rings is 2. The number of aromatic nitrogens is 2. The summed E-state index contributed by atoms with van der Waals surface area (Å²) in [7, 11) is 3.84.